The monoisotopic (exact) mass is 282 g/mol. The number of aromatic amines is 1. The number of aromatic nitrogens is 3. The molecule has 0 aliphatic carbocycles. The third-order valence-electron chi connectivity index (χ3n) is 2.12. The summed E-state index contributed by atoms with van der Waals surface area (Å²) in [5.41, 5.74) is 0.853. The molecule has 94 valence electrons. The van der Waals surface area contributed by atoms with Crippen LogP contribution in [0.25, 0.3) is 0 Å². The van der Waals surface area contributed by atoms with Crippen LogP contribution in [-0.2, 0) is 0 Å². The van der Waals surface area contributed by atoms with Crippen molar-refractivity contribution in [3.8, 4) is 5.75 Å². The molecule has 0 spiro atoms. The van der Waals surface area contributed by atoms with Gasteiger partial charge < -0.3 is 4.74 Å². The van der Waals surface area contributed by atoms with Crippen LogP contribution in [0.2, 0.25) is 5.02 Å². The molecular formula is C11H11ClN4OS. The van der Waals surface area contributed by atoms with Crippen molar-refractivity contribution in [1.82, 2.24) is 14.9 Å². The van der Waals surface area contributed by atoms with E-state index in [-0.39, 0.29) is 0 Å². The van der Waals surface area contributed by atoms with Gasteiger partial charge in [-0.1, -0.05) is 11.6 Å². The van der Waals surface area contributed by atoms with Gasteiger partial charge in [-0.2, -0.15) is 14.9 Å². The fraction of sp³-hybridized carbons (Fsp3) is 0.182. The number of nitrogens with one attached hydrogen (secondary N) is 1. The highest BCUT2D eigenvalue weighted by Crippen LogP contribution is 2.24. The topological polar surface area (TPSA) is 55.2 Å². The van der Waals surface area contributed by atoms with Gasteiger partial charge in [-0.05, 0) is 42.9 Å². The van der Waals surface area contributed by atoms with Gasteiger partial charge in [0.25, 0.3) is 0 Å². The van der Waals surface area contributed by atoms with E-state index < -0.39 is 0 Å². The molecule has 2 rings (SSSR count). The zero-order chi connectivity index (χ0) is 13.0. The molecule has 0 saturated heterocycles. The Morgan fingerprint density at radius 3 is 3.06 bits per heavy atom. The quantitative estimate of drug-likeness (QED) is 0.693. The van der Waals surface area contributed by atoms with E-state index in [2.05, 4.69) is 15.3 Å². The van der Waals surface area contributed by atoms with Crippen LogP contribution in [0.15, 0.2) is 29.6 Å². The Labute approximate surface area is 114 Å². The van der Waals surface area contributed by atoms with Crippen molar-refractivity contribution in [2.75, 3.05) is 6.61 Å². The minimum absolute atomic E-state index is 0.434. The van der Waals surface area contributed by atoms with Crippen LogP contribution < -0.4 is 4.74 Å². The van der Waals surface area contributed by atoms with Gasteiger partial charge in [-0.25, -0.2) is 0 Å². The molecule has 1 heterocycles. The first-order valence-electron chi connectivity index (χ1n) is 5.29. The minimum atomic E-state index is 0.434. The first-order chi connectivity index (χ1) is 8.70. The molecule has 0 saturated carbocycles. The molecule has 1 N–H and O–H groups in total. The molecule has 1 aromatic heterocycles. The van der Waals surface area contributed by atoms with E-state index >= 15 is 0 Å². The number of nitrogens with zero attached hydrogens (tertiary/aromatic N) is 3. The molecule has 0 aliphatic rings. The predicted octanol–water partition coefficient (Wildman–Crippen LogP) is 2.87. The molecule has 0 atom stereocenters. The van der Waals surface area contributed by atoms with Gasteiger partial charge in [0, 0.05) is 0 Å². The minimum Gasteiger partial charge on any atom is -0.492 e. The van der Waals surface area contributed by atoms with E-state index in [0.717, 1.165) is 5.56 Å². The third kappa shape index (κ3) is 2.96. The zero-order valence-electron chi connectivity index (χ0n) is 9.63. The lowest BCUT2D eigenvalue weighted by Crippen LogP contribution is -1.93. The van der Waals surface area contributed by atoms with Crippen LogP contribution in [0, 0.1) is 4.77 Å². The summed E-state index contributed by atoms with van der Waals surface area (Å²) in [6.45, 7) is 2.49. The number of rotatable bonds is 4. The SMILES string of the molecule is CCOc1ccc(/C=N\n2cn[nH]c2=S)cc1Cl. The lowest BCUT2D eigenvalue weighted by molar-refractivity contribution is 0.340. The van der Waals surface area contributed by atoms with Crippen LogP contribution in [-0.4, -0.2) is 27.7 Å². The third-order valence-corrected chi connectivity index (χ3v) is 2.70. The molecule has 0 amide bonds. The maximum atomic E-state index is 6.07. The van der Waals surface area contributed by atoms with Gasteiger partial charge in [0.05, 0.1) is 17.8 Å². The van der Waals surface area contributed by atoms with Crippen molar-refractivity contribution in [2.24, 2.45) is 5.10 Å². The van der Waals surface area contributed by atoms with Gasteiger partial charge in [0.2, 0.25) is 4.77 Å². The van der Waals surface area contributed by atoms with Crippen molar-refractivity contribution in [3.05, 3.63) is 39.9 Å². The number of ether oxygens (including phenoxy) is 1. The van der Waals surface area contributed by atoms with E-state index in [9.17, 15) is 0 Å². The largest absolute Gasteiger partial charge is 0.492 e. The number of hydrogen-bond donors (Lipinski definition) is 1. The van der Waals surface area contributed by atoms with Crippen molar-refractivity contribution in [1.29, 1.82) is 0 Å². The summed E-state index contributed by atoms with van der Waals surface area (Å²) in [6, 6.07) is 5.45. The smallest absolute Gasteiger partial charge is 0.216 e. The molecule has 18 heavy (non-hydrogen) atoms. The van der Waals surface area contributed by atoms with Crippen molar-refractivity contribution in [2.45, 2.75) is 6.92 Å². The molecule has 5 nitrogen and oxygen atoms in total. The molecule has 1 aromatic carbocycles. The summed E-state index contributed by atoms with van der Waals surface area (Å²) >= 11 is 11.0. The lowest BCUT2D eigenvalue weighted by Gasteiger charge is -2.05. The highest BCUT2D eigenvalue weighted by Gasteiger charge is 2.01. The van der Waals surface area contributed by atoms with Crippen LogP contribution in [0.5, 0.6) is 5.75 Å². The molecular weight excluding hydrogens is 272 g/mol. The maximum Gasteiger partial charge on any atom is 0.216 e. The number of hydrogen-bond acceptors (Lipinski definition) is 4. The summed E-state index contributed by atoms with van der Waals surface area (Å²) in [5, 5.41) is 11.1. The van der Waals surface area contributed by atoms with Crippen molar-refractivity contribution >= 4 is 30.0 Å². The number of benzene rings is 1. The van der Waals surface area contributed by atoms with Gasteiger partial charge in [-0.15, -0.1) is 0 Å². The van der Waals surface area contributed by atoms with Gasteiger partial charge >= 0.3 is 0 Å². The highest BCUT2D eigenvalue weighted by molar-refractivity contribution is 7.71. The van der Waals surface area contributed by atoms with Gasteiger partial charge in [-0.3, -0.25) is 5.10 Å². The molecule has 0 radical (unpaired) electrons. The van der Waals surface area contributed by atoms with Crippen molar-refractivity contribution < 1.29 is 4.74 Å². The maximum absolute atomic E-state index is 6.07. The Bertz CT molecular complexity index is 620. The van der Waals surface area contributed by atoms with Crippen LogP contribution >= 0.6 is 23.8 Å². The summed E-state index contributed by atoms with van der Waals surface area (Å²) in [5.74, 6) is 0.663. The van der Waals surface area contributed by atoms with Crippen LogP contribution in [0.4, 0.5) is 0 Å². The van der Waals surface area contributed by atoms with Gasteiger partial charge in [0.1, 0.15) is 12.1 Å². The molecule has 0 unspecified atom stereocenters. The summed E-state index contributed by atoms with van der Waals surface area (Å²) in [6.07, 6.45) is 3.14. The molecule has 0 fully saturated rings. The molecule has 0 aliphatic heterocycles. The predicted molar refractivity (Wildman–Crippen MR) is 73.0 cm³/mol. The second kappa shape index (κ2) is 5.79. The standard InChI is InChI=1S/C11H11ClN4OS/c1-2-17-10-4-3-8(5-9(10)12)6-14-16-7-13-15-11(16)18/h3-7H,2H2,1H3,(H,15,18)/b14-6-. The van der Waals surface area contributed by atoms with Crippen LogP contribution in [0.1, 0.15) is 12.5 Å². The second-order valence-electron chi connectivity index (χ2n) is 3.37. The Balaban J connectivity index is 2.20. The molecule has 0 bridgehead atoms. The second-order valence-corrected chi connectivity index (χ2v) is 4.17. The fourth-order valence-corrected chi connectivity index (χ4v) is 1.71. The fourth-order valence-electron chi connectivity index (χ4n) is 1.32. The molecule has 2 aromatic rings. The molecule has 7 heteroatoms. The normalized spacial score (nSPS) is 11.0. The Morgan fingerprint density at radius 1 is 1.61 bits per heavy atom. The Morgan fingerprint density at radius 2 is 2.44 bits per heavy atom. The van der Waals surface area contributed by atoms with E-state index in [1.165, 1.54) is 11.0 Å². The van der Waals surface area contributed by atoms with E-state index in [1.807, 2.05) is 19.1 Å². The summed E-state index contributed by atoms with van der Waals surface area (Å²) in [7, 11) is 0. The highest BCUT2D eigenvalue weighted by atomic mass is 35.5. The first-order valence-corrected chi connectivity index (χ1v) is 6.08. The Kier molecular flexibility index (Phi) is 4.11. The number of H-pyrrole nitrogens is 1. The van der Waals surface area contributed by atoms with Gasteiger partial charge in [0.15, 0.2) is 0 Å². The van der Waals surface area contributed by atoms with Crippen LogP contribution in [0.3, 0.4) is 0 Å². The average molecular weight is 283 g/mol. The lowest BCUT2D eigenvalue weighted by atomic mass is 10.2. The zero-order valence-corrected chi connectivity index (χ0v) is 11.2. The Hall–Kier alpha value is -1.66. The van der Waals surface area contributed by atoms with Crippen molar-refractivity contribution in [3.63, 3.8) is 0 Å². The van der Waals surface area contributed by atoms with E-state index in [1.54, 1.807) is 12.3 Å². The van der Waals surface area contributed by atoms with E-state index in [4.69, 9.17) is 28.6 Å². The first kappa shape index (κ1) is 12.8. The summed E-state index contributed by atoms with van der Waals surface area (Å²) < 4.78 is 7.24. The summed E-state index contributed by atoms with van der Waals surface area (Å²) in [4.78, 5) is 0. The average Bonchev–Trinajstić information content (AvgIpc) is 2.76. The van der Waals surface area contributed by atoms with E-state index in [0.29, 0.717) is 22.2 Å². The number of halogens is 1.